The van der Waals surface area contributed by atoms with Crippen LogP contribution in [0.2, 0.25) is 0 Å². The molecular formula is C11H14N2S2. The third-order valence-electron chi connectivity index (χ3n) is 3.08. The van der Waals surface area contributed by atoms with Gasteiger partial charge in [-0.05, 0) is 18.9 Å². The van der Waals surface area contributed by atoms with Crippen molar-refractivity contribution in [2.24, 2.45) is 0 Å². The van der Waals surface area contributed by atoms with Crippen molar-refractivity contribution in [3.05, 3.63) is 11.1 Å². The second-order valence-corrected chi connectivity index (χ2v) is 6.33. The van der Waals surface area contributed by atoms with E-state index in [2.05, 4.69) is 6.07 Å². The summed E-state index contributed by atoms with van der Waals surface area (Å²) in [7, 11) is 0. The van der Waals surface area contributed by atoms with Crippen molar-refractivity contribution in [1.82, 2.24) is 4.98 Å². The Bertz CT molecular complexity index is 434. The first-order chi connectivity index (χ1) is 7.33. The molecule has 3 rings (SSSR count). The van der Waals surface area contributed by atoms with E-state index in [-0.39, 0.29) is 0 Å². The number of hydrogen-bond acceptors (Lipinski definition) is 4. The Morgan fingerprint density at radius 3 is 2.73 bits per heavy atom. The Kier molecular flexibility index (Phi) is 2.41. The second kappa shape index (κ2) is 3.76. The number of thiazole rings is 1. The Morgan fingerprint density at radius 1 is 1.20 bits per heavy atom. The number of aromatic nitrogens is 1. The van der Waals surface area contributed by atoms with E-state index in [1.54, 1.807) is 11.3 Å². The van der Waals surface area contributed by atoms with Crippen molar-refractivity contribution in [2.75, 3.05) is 5.73 Å². The van der Waals surface area contributed by atoms with Crippen LogP contribution in [0.15, 0.2) is 6.07 Å². The third kappa shape index (κ3) is 1.76. The highest BCUT2D eigenvalue weighted by Crippen LogP contribution is 2.39. The van der Waals surface area contributed by atoms with Gasteiger partial charge in [-0.25, -0.2) is 4.98 Å². The maximum atomic E-state index is 5.75. The van der Waals surface area contributed by atoms with Crippen LogP contribution in [0.5, 0.6) is 0 Å². The normalized spacial score (nSPS) is 18.7. The molecule has 1 fully saturated rings. The average Bonchev–Trinajstić information content (AvgIpc) is 2.76. The molecule has 2 aromatic rings. The average molecular weight is 238 g/mol. The predicted molar refractivity (Wildman–Crippen MR) is 67.7 cm³/mol. The van der Waals surface area contributed by atoms with Gasteiger partial charge < -0.3 is 5.73 Å². The topological polar surface area (TPSA) is 38.9 Å². The summed E-state index contributed by atoms with van der Waals surface area (Å²) in [5.74, 6) is 0.726. The van der Waals surface area contributed by atoms with Crippen molar-refractivity contribution in [3.63, 3.8) is 0 Å². The fourth-order valence-corrected chi connectivity index (χ4v) is 4.46. The number of anilines is 1. The van der Waals surface area contributed by atoms with Crippen molar-refractivity contribution in [2.45, 2.75) is 38.0 Å². The predicted octanol–water partition coefficient (Wildman–Crippen LogP) is 3.99. The molecule has 2 aromatic heterocycles. The molecule has 0 atom stereocenters. The molecular weight excluding hydrogens is 224 g/mol. The van der Waals surface area contributed by atoms with Crippen molar-refractivity contribution < 1.29 is 0 Å². The smallest absolute Gasteiger partial charge is 0.136 e. The summed E-state index contributed by atoms with van der Waals surface area (Å²) in [5, 5.41) is 2.23. The summed E-state index contributed by atoms with van der Waals surface area (Å²) in [6.45, 7) is 0. The van der Waals surface area contributed by atoms with Gasteiger partial charge in [0.05, 0.1) is 14.7 Å². The molecule has 0 spiro atoms. The van der Waals surface area contributed by atoms with Crippen LogP contribution in [0, 0.1) is 0 Å². The van der Waals surface area contributed by atoms with E-state index < -0.39 is 0 Å². The van der Waals surface area contributed by atoms with Gasteiger partial charge in [-0.15, -0.1) is 11.3 Å². The minimum absolute atomic E-state index is 0.726. The highest BCUT2D eigenvalue weighted by Gasteiger charge is 2.19. The van der Waals surface area contributed by atoms with Gasteiger partial charge in [-0.2, -0.15) is 0 Å². The van der Waals surface area contributed by atoms with Crippen LogP contribution in [-0.2, 0) is 0 Å². The molecule has 0 bridgehead atoms. The summed E-state index contributed by atoms with van der Waals surface area (Å²) >= 11 is 3.46. The highest BCUT2D eigenvalue weighted by molar-refractivity contribution is 7.29. The Labute approximate surface area is 97.1 Å². The molecule has 2 N–H and O–H groups in total. The van der Waals surface area contributed by atoms with Gasteiger partial charge in [-0.3, -0.25) is 0 Å². The van der Waals surface area contributed by atoms with E-state index in [9.17, 15) is 0 Å². The van der Waals surface area contributed by atoms with Crippen LogP contribution in [0.1, 0.15) is 43.0 Å². The molecule has 80 valence electrons. The summed E-state index contributed by atoms with van der Waals surface area (Å²) < 4.78 is 1.28. The van der Waals surface area contributed by atoms with Gasteiger partial charge in [0.15, 0.2) is 0 Å². The van der Waals surface area contributed by atoms with E-state index in [4.69, 9.17) is 10.7 Å². The third-order valence-corrected chi connectivity index (χ3v) is 5.23. The zero-order chi connectivity index (χ0) is 10.3. The maximum Gasteiger partial charge on any atom is 0.136 e. The number of hydrogen-bond donors (Lipinski definition) is 1. The number of thiophene rings is 1. The van der Waals surface area contributed by atoms with E-state index in [0.29, 0.717) is 0 Å². The number of rotatable bonds is 1. The molecule has 1 aliphatic carbocycles. The first kappa shape index (κ1) is 9.60. The molecule has 0 amide bonds. The largest absolute Gasteiger partial charge is 0.390 e. The van der Waals surface area contributed by atoms with Gasteiger partial charge >= 0.3 is 0 Å². The lowest BCUT2D eigenvalue weighted by atomic mass is 9.90. The van der Waals surface area contributed by atoms with Gasteiger partial charge in [0.2, 0.25) is 0 Å². The standard InChI is InChI=1S/C11H14N2S2/c12-9-6-8-11(15-9)13-10(14-8)7-4-2-1-3-5-7/h6-7H,1-5,12H2. The number of nitrogens with zero attached hydrogens (tertiary/aromatic N) is 1. The van der Waals surface area contributed by atoms with Crippen molar-refractivity contribution >= 4 is 37.2 Å². The van der Waals surface area contributed by atoms with E-state index >= 15 is 0 Å². The van der Waals surface area contributed by atoms with E-state index in [1.165, 1.54) is 41.8 Å². The molecule has 0 aliphatic heterocycles. The fraction of sp³-hybridized carbons (Fsp3) is 0.545. The van der Waals surface area contributed by atoms with Gasteiger partial charge in [0, 0.05) is 5.92 Å². The van der Waals surface area contributed by atoms with Crippen LogP contribution in [0.3, 0.4) is 0 Å². The summed E-state index contributed by atoms with van der Waals surface area (Å²) in [5.41, 5.74) is 5.75. The Balaban J connectivity index is 1.93. The summed E-state index contributed by atoms with van der Waals surface area (Å²) in [4.78, 5) is 5.85. The number of nitrogen functional groups attached to an aromatic ring is 1. The lowest BCUT2D eigenvalue weighted by Crippen LogP contribution is -2.03. The number of nitrogens with two attached hydrogens (primary N) is 1. The first-order valence-electron chi connectivity index (χ1n) is 5.48. The Morgan fingerprint density at radius 2 is 2.00 bits per heavy atom. The SMILES string of the molecule is Nc1cc2sc(C3CCCCC3)nc2s1. The quantitative estimate of drug-likeness (QED) is 0.816. The minimum atomic E-state index is 0.726. The van der Waals surface area contributed by atoms with E-state index in [0.717, 1.165) is 15.7 Å². The molecule has 0 saturated heterocycles. The van der Waals surface area contributed by atoms with Crippen LogP contribution < -0.4 is 5.73 Å². The molecule has 0 aromatic carbocycles. The van der Waals surface area contributed by atoms with Gasteiger partial charge in [0.1, 0.15) is 4.83 Å². The summed E-state index contributed by atoms with van der Waals surface area (Å²) in [6, 6.07) is 2.06. The monoisotopic (exact) mass is 238 g/mol. The maximum absolute atomic E-state index is 5.75. The van der Waals surface area contributed by atoms with Gasteiger partial charge in [0.25, 0.3) is 0 Å². The molecule has 0 unspecified atom stereocenters. The zero-order valence-corrected chi connectivity index (χ0v) is 10.2. The molecule has 2 heterocycles. The van der Waals surface area contributed by atoms with Crippen LogP contribution in [0.25, 0.3) is 9.53 Å². The zero-order valence-electron chi connectivity index (χ0n) is 8.53. The fourth-order valence-electron chi connectivity index (χ4n) is 2.29. The minimum Gasteiger partial charge on any atom is -0.390 e. The molecule has 1 aliphatic rings. The summed E-state index contributed by atoms with van der Waals surface area (Å²) in [6.07, 6.45) is 6.82. The molecule has 4 heteroatoms. The first-order valence-corrected chi connectivity index (χ1v) is 7.12. The van der Waals surface area contributed by atoms with Gasteiger partial charge in [-0.1, -0.05) is 30.6 Å². The van der Waals surface area contributed by atoms with Crippen LogP contribution in [-0.4, -0.2) is 4.98 Å². The van der Waals surface area contributed by atoms with Crippen LogP contribution in [0.4, 0.5) is 5.00 Å². The highest BCUT2D eigenvalue weighted by atomic mass is 32.1. The van der Waals surface area contributed by atoms with Crippen LogP contribution >= 0.6 is 22.7 Å². The van der Waals surface area contributed by atoms with E-state index in [1.807, 2.05) is 11.3 Å². The second-order valence-electron chi connectivity index (χ2n) is 4.21. The van der Waals surface area contributed by atoms with Crippen molar-refractivity contribution in [3.8, 4) is 0 Å². The molecule has 1 saturated carbocycles. The molecule has 15 heavy (non-hydrogen) atoms. The molecule has 0 radical (unpaired) electrons. The lowest BCUT2D eigenvalue weighted by molar-refractivity contribution is 0.443. The van der Waals surface area contributed by atoms with Crippen molar-refractivity contribution in [1.29, 1.82) is 0 Å². The Hall–Kier alpha value is -0.610. The lowest BCUT2D eigenvalue weighted by Gasteiger charge is -2.18. The molecule has 2 nitrogen and oxygen atoms in total. The number of fused-ring (bicyclic) bond motifs is 1.